The van der Waals surface area contributed by atoms with Gasteiger partial charge >= 0.3 is 0 Å². The van der Waals surface area contributed by atoms with E-state index < -0.39 is 0 Å². The van der Waals surface area contributed by atoms with Crippen molar-refractivity contribution in [1.82, 2.24) is 9.47 Å². The summed E-state index contributed by atoms with van der Waals surface area (Å²) in [5.74, 6) is 0. The van der Waals surface area contributed by atoms with Crippen molar-refractivity contribution in [3.05, 3.63) is 57.4 Å². The molecule has 1 aromatic carbocycles. The predicted octanol–water partition coefficient (Wildman–Crippen LogP) is 2.15. The Kier molecular flexibility index (Phi) is 5.16. The maximum Gasteiger partial charge on any atom is 0.255 e. The fraction of sp³-hybridized carbons (Fsp3) is 0.389. The number of aryl methyl sites for hydroxylation is 2. The van der Waals surface area contributed by atoms with Gasteiger partial charge in [0.1, 0.15) is 0 Å². The van der Waals surface area contributed by atoms with Gasteiger partial charge in [-0.15, -0.1) is 0 Å². The topological polar surface area (TPSA) is 51.3 Å². The molecule has 118 valence electrons. The average Bonchev–Trinajstić information content (AvgIpc) is 2.46. The Hall–Kier alpha value is -1.91. The third kappa shape index (κ3) is 3.46. The Labute approximate surface area is 132 Å². The number of aromatic nitrogens is 1. The molecule has 0 aliphatic carbocycles. The molecule has 4 heteroatoms. The van der Waals surface area contributed by atoms with Crippen molar-refractivity contribution in [1.29, 1.82) is 0 Å². The van der Waals surface area contributed by atoms with E-state index in [0.29, 0.717) is 12.1 Å². The standard InChI is InChI=1S/C18H25N3O/c1-13-5-7-16(14(2)11-13)17-8-6-15(12-19)18(22)21(17)10-9-20(3)4/h5-8,11H,9-10,12,19H2,1-4H3. The van der Waals surface area contributed by atoms with Gasteiger partial charge in [0.05, 0.1) is 5.69 Å². The lowest BCUT2D eigenvalue weighted by molar-refractivity contribution is 0.381. The quantitative estimate of drug-likeness (QED) is 0.920. The van der Waals surface area contributed by atoms with Crippen LogP contribution in [-0.2, 0) is 13.1 Å². The summed E-state index contributed by atoms with van der Waals surface area (Å²) < 4.78 is 1.85. The van der Waals surface area contributed by atoms with Crippen molar-refractivity contribution in [2.24, 2.45) is 5.73 Å². The summed E-state index contributed by atoms with van der Waals surface area (Å²) in [6, 6.07) is 10.2. The maximum absolute atomic E-state index is 12.6. The van der Waals surface area contributed by atoms with E-state index in [0.717, 1.165) is 17.8 Å². The molecule has 2 rings (SSSR count). The van der Waals surface area contributed by atoms with Gasteiger partial charge in [0.15, 0.2) is 0 Å². The van der Waals surface area contributed by atoms with Crippen molar-refractivity contribution in [2.45, 2.75) is 26.9 Å². The van der Waals surface area contributed by atoms with Crippen LogP contribution in [0.15, 0.2) is 35.1 Å². The lowest BCUT2D eigenvalue weighted by atomic mass is 10.0. The lowest BCUT2D eigenvalue weighted by Crippen LogP contribution is -2.30. The number of pyridine rings is 1. The second kappa shape index (κ2) is 6.90. The molecule has 2 aromatic rings. The summed E-state index contributed by atoms with van der Waals surface area (Å²) in [5.41, 5.74) is 10.8. The highest BCUT2D eigenvalue weighted by molar-refractivity contribution is 5.64. The fourth-order valence-corrected chi connectivity index (χ4v) is 2.64. The molecule has 22 heavy (non-hydrogen) atoms. The highest BCUT2D eigenvalue weighted by atomic mass is 16.1. The van der Waals surface area contributed by atoms with Gasteiger partial charge in [-0.25, -0.2) is 0 Å². The molecular weight excluding hydrogens is 274 g/mol. The maximum atomic E-state index is 12.6. The smallest absolute Gasteiger partial charge is 0.255 e. The van der Waals surface area contributed by atoms with E-state index in [2.05, 4.69) is 36.9 Å². The molecule has 0 unspecified atom stereocenters. The van der Waals surface area contributed by atoms with Gasteiger partial charge in [0, 0.05) is 30.8 Å². The second-order valence-electron chi connectivity index (χ2n) is 6.03. The van der Waals surface area contributed by atoms with Gasteiger partial charge in [-0.3, -0.25) is 4.79 Å². The molecule has 4 nitrogen and oxygen atoms in total. The van der Waals surface area contributed by atoms with E-state index in [1.165, 1.54) is 11.1 Å². The second-order valence-corrected chi connectivity index (χ2v) is 6.03. The number of benzene rings is 1. The van der Waals surface area contributed by atoms with Crippen molar-refractivity contribution < 1.29 is 0 Å². The minimum atomic E-state index is 0.0156. The van der Waals surface area contributed by atoms with Gasteiger partial charge in [0.25, 0.3) is 5.56 Å². The Morgan fingerprint density at radius 1 is 1.14 bits per heavy atom. The molecule has 0 fully saturated rings. The van der Waals surface area contributed by atoms with Crippen molar-refractivity contribution in [2.75, 3.05) is 20.6 Å². The summed E-state index contributed by atoms with van der Waals surface area (Å²) in [7, 11) is 4.02. The first-order chi connectivity index (χ1) is 10.4. The number of nitrogens with zero attached hydrogens (tertiary/aromatic N) is 2. The molecule has 0 aliphatic heterocycles. The fourth-order valence-electron chi connectivity index (χ4n) is 2.64. The summed E-state index contributed by atoms with van der Waals surface area (Å²) in [5, 5.41) is 0. The molecule has 1 heterocycles. The van der Waals surface area contributed by atoms with Gasteiger partial charge in [-0.2, -0.15) is 0 Å². The molecule has 2 N–H and O–H groups in total. The van der Waals surface area contributed by atoms with Crippen molar-refractivity contribution >= 4 is 0 Å². The van der Waals surface area contributed by atoms with Gasteiger partial charge < -0.3 is 15.2 Å². The van der Waals surface area contributed by atoms with Crippen LogP contribution in [-0.4, -0.2) is 30.1 Å². The molecule has 1 aromatic heterocycles. The lowest BCUT2D eigenvalue weighted by Gasteiger charge is -2.18. The molecule has 0 radical (unpaired) electrons. The van der Waals surface area contributed by atoms with Crippen molar-refractivity contribution in [3.8, 4) is 11.3 Å². The molecule has 0 aliphatic rings. The van der Waals surface area contributed by atoms with Crippen LogP contribution in [0.5, 0.6) is 0 Å². The monoisotopic (exact) mass is 299 g/mol. The van der Waals surface area contributed by atoms with E-state index in [4.69, 9.17) is 5.73 Å². The van der Waals surface area contributed by atoms with Crippen LogP contribution in [0.4, 0.5) is 0 Å². The number of hydrogen-bond donors (Lipinski definition) is 1. The SMILES string of the molecule is Cc1ccc(-c2ccc(CN)c(=O)n2CCN(C)C)c(C)c1. The average molecular weight is 299 g/mol. The van der Waals surface area contributed by atoms with Gasteiger partial charge in [-0.1, -0.05) is 29.8 Å². The predicted molar refractivity (Wildman–Crippen MR) is 92.1 cm³/mol. The molecule has 0 atom stereocenters. The molecule has 0 bridgehead atoms. The zero-order valence-electron chi connectivity index (χ0n) is 13.9. The molecule has 0 saturated heterocycles. The number of rotatable bonds is 5. The van der Waals surface area contributed by atoms with E-state index in [9.17, 15) is 4.79 Å². The Morgan fingerprint density at radius 2 is 1.86 bits per heavy atom. The van der Waals surface area contributed by atoms with Crippen LogP contribution in [0.25, 0.3) is 11.3 Å². The summed E-state index contributed by atoms with van der Waals surface area (Å²) in [6.45, 7) is 5.90. The minimum absolute atomic E-state index is 0.0156. The van der Waals surface area contributed by atoms with Crippen LogP contribution in [0.3, 0.4) is 0 Å². The summed E-state index contributed by atoms with van der Waals surface area (Å²) in [4.78, 5) is 14.7. The van der Waals surface area contributed by atoms with Crippen LogP contribution in [0.1, 0.15) is 16.7 Å². The molecular formula is C18H25N3O. The zero-order valence-corrected chi connectivity index (χ0v) is 13.9. The largest absolute Gasteiger partial charge is 0.326 e. The van der Waals surface area contributed by atoms with Crippen molar-refractivity contribution in [3.63, 3.8) is 0 Å². The van der Waals surface area contributed by atoms with E-state index in [1.54, 1.807) is 0 Å². The minimum Gasteiger partial charge on any atom is -0.326 e. The highest BCUT2D eigenvalue weighted by Crippen LogP contribution is 2.23. The van der Waals surface area contributed by atoms with E-state index in [-0.39, 0.29) is 12.1 Å². The first-order valence-corrected chi connectivity index (χ1v) is 7.59. The van der Waals surface area contributed by atoms with Crippen LogP contribution < -0.4 is 11.3 Å². The number of likely N-dealkylation sites (N-methyl/N-ethyl adjacent to an activating group) is 1. The Morgan fingerprint density at radius 3 is 2.45 bits per heavy atom. The van der Waals surface area contributed by atoms with Crippen LogP contribution in [0, 0.1) is 13.8 Å². The van der Waals surface area contributed by atoms with Crippen LogP contribution >= 0.6 is 0 Å². The van der Waals surface area contributed by atoms with E-state index in [1.807, 2.05) is 30.8 Å². The third-order valence-electron chi connectivity index (χ3n) is 3.90. The van der Waals surface area contributed by atoms with E-state index >= 15 is 0 Å². The normalized spacial score (nSPS) is 11.2. The van der Waals surface area contributed by atoms with Gasteiger partial charge in [0.2, 0.25) is 0 Å². The Bertz CT molecular complexity index is 717. The first-order valence-electron chi connectivity index (χ1n) is 7.59. The molecule has 0 saturated carbocycles. The molecule has 0 amide bonds. The number of nitrogens with two attached hydrogens (primary N) is 1. The third-order valence-corrected chi connectivity index (χ3v) is 3.90. The molecule has 0 spiro atoms. The number of hydrogen-bond acceptors (Lipinski definition) is 3. The summed E-state index contributed by atoms with van der Waals surface area (Å²) >= 11 is 0. The first kappa shape index (κ1) is 16.5. The van der Waals surface area contributed by atoms with Crippen LogP contribution in [0.2, 0.25) is 0 Å². The van der Waals surface area contributed by atoms with Gasteiger partial charge in [-0.05, 0) is 39.6 Å². The Balaban J connectivity index is 2.59. The highest BCUT2D eigenvalue weighted by Gasteiger charge is 2.12. The zero-order chi connectivity index (χ0) is 16.3. The summed E-state index contributed by atoms with van der Waals surface area (Å²) in [6.07, 6.45) is 0.